The molecule has 21 heavy (non-hydrogen) atoms. The minimum absolute atomic E-state index is 0.0450. The lowest BCUT2D eigenvalue weighted by Gasteiger charge is -2.48. The number of hydrogen-bond acceptors (Lipinski definition) is 3. The fourth-order valence-corrected chi connectivity index (χ4v) is 3.24. The van der Waals surface area contributed by atoms with Crippen LogP contribution in [0.3, 0.4) is 0 Å². The molecular weight excluding hydrogens is 268 g/mol. The van der Waals surface area contributed by atoms with Crippen molar-refractivity contribution in [3.8, 4) is 0 Å². The second-order valence-corrected chi connectivity index (χ2v) is 5.86. The van der Waals surface area contributed by atoms with E-state index in [1.54, 1.807) is 11.8 Å². The van der Waals surface area contributed by atoms with Gasteiger partial charge in [0.1, 0.15) is 11.6 Å². The minimum Gasteiger partial charge on any atom is -0.379 e. The molecule has 0 spiro atoms. The number of rotatable bonds is 2. The summed E-state index contributed by atoms with van der Waals surface area (Å²) in [5.74, 6) is -0.177. The minimum atomic E-state index is -0.983. The van der Waals surface area contributed by atoms with Gasteiger partial charge in [0.05, 0.1) is 12.6 Å². The summed E-state index contributed by atoms with van der Waals surface area (Å²) in [4.78, 5) is 27.1. The zero-order chi connectivity index (χ0) is 15.0. The van der Waals surface area contributed by atoms with Crippen molar-refractivity contribution in [3.05, 3.63) is 35.9 Å². The van der Waals surface area contributed by atoms with Gasteiger partial charge >= 0.3 is 0 Å². The molecule has 2 saturated heterocycles. The molecule has 2 aliphatic rings. The van der Waals surface area contributed by atoms with Crippen LogP contribution >= 0.6 is 0 Å². The third-order valence-corrected chi connectivity index (χ3v) is 4.49. The van der Waals surface area contributed by atoms with E-state index in [-0.39, 0.29) is 17.9 Å². The lowest BCUT2D eigenvalue weighted by molar-refractivity contribution is -0.160. The van der Waals surface area contributed by atoms with Crippen molar-refractivity contribution in [2.24, 2.45) is 0 Å². The molecule has 0 aromatic heterocycles. The maximum absolute atomic E-state index is 12.7. The summed E-state index contributed by atoms with van der Waals surface area (Å²) in [7, 11) is 0. The number of hydrogen-bond donors (Lipinski definition) is 1. The number of benzene rings is 1. The zero-order valence-corrected chi connectivity index (χ0v) is 12.3. The number of ether oxygens (including phenoxy) is 1. The average molecular weight is 288 g/mol. The molecule has 5 heteroatoms. The molecule has 3 rings (SSSR count). The Morgan fingerprint density at radius 2 is 2.00 bits per heavy atom. The van der Waals surface area contributed by atoms with E-state index in [1.807, 2.05) is 37.3 Å². The topological polar surface area (TPSA) is 58.6 Å². The van der Waals surface area contributed by atoms with Gasteiger partial charge in [0.2, 0.25) is 5.91 Å². The van der Waals surface area contributed by atoms with Crippen LogP contribution in [0.4, 0.5) is 0 Å². The molecule has 0 aliphatic carbocycles. The van der Waals surface area contributed by atoms with Crippen molar-refractivity contribution in [2.45, 2.75) is 37.9 Å². The van der Waals surface area contributed by atoms with Crippen LogP contribution in [-0.4, -0.2) is 42.0 Å². The Hall–Kier alpha value is -1.88. The fourth-order valence-electron chi connectivity index (χ4n) is 3.24. The van der Waals surface area contributed by atoms with Crippen LogP contribution in [0.15, 0.2) is 30.3 Å². The highest BCUT2D eigenvalue weighted by Crippen LogP contribution is 2.35. The Morgan fingerprint density at radius 3 is 2.62 bits per heavy atom. The number of nitrogens with one attached hydrogen (secondary N) is 1. The Kier molecular flexibility index (Phi) is 3.45. The van der Waals surface area contributed by atoms with Crippen molar-refractivity contribution in [1.29, 1.82) is 0 Å². The summed E-state index contributed by atoms with van der Waals surface area (Å²) in [5.41, 5.74) is -0.155. The molecule has 1 N–H and O–H groups in total. The van der Waals surface area contributed by atoms with Crippen LogP contribution in [0, 0.1) is 0 Å². The normalized spacial score (nSPS) is 33.1. The van der Waals surface area contributed by atoms with Crippen molar-refractivity contribution < 1.29 is 14.3 Å². The van der Waals surface area contributed by atoms with Gasteiger partial charge in [-0.1, -0.05) is 30.3 Å². The van der Waals surface area contributed by atoms with Crippen LogP contribution < -0.4 is 5.32 Å². The summed E-state index contributed by atoms with van der Waals surface area (Å²) in [6.45, 7) is 4.68. The molecule has 2 fully saturated rings. The van der Waals surface area contributed by atoms with E-state index < -0.39 is 11.6 Å². The van der Waals surface area contributed by atoms with Crippen LogP contribution in [0.25, 0.3) is 0 Å². The second kappa shape index (κ2) is 5.15. The average Bonchev–Trinajstić information content (AvgIpc) is 3.00. The molecular formula is C16H20N2O3. The standard InChI is InChI=1S/C16H20N2O3/c1-11-14(19)18(13-8-9-21-10-13)16(2,15(20)17-11)12-6-4-3-5-7-12/h3-7,11,13H,8-10H2,1-2H3,(H,17,20). The molecule has 5 nitrogen and oxygen atoms in total. The van der Waals surface area contributed by atoms with Gasteiger partial charge in [-0.2, -0.15) is 0 Å². The largest absolute Gasteiger partial charge is 0.379 e. The van der Waals surface area contributed by atoms with Gasteiger partial charge < -0.3 is 15.0 Å². The number of carbonyl (C=O) groups is 2. The monoisotopic (exact) mass is 288 g/mol. The first kappa shape index (κ1) is 14.1. The first-order valence-corrected chi connectivity index (χ1v) is 7.32. The first-order chi connectivity index (χ1) is 10.0. The van der Waals surface area contributed by atoms with Crippen molar-refractivity contribution >= 4 is 11.8 Å². The quantitative estimate of drug-likeness (QED) is 0.884. The Labute approximate surface area is 124 Å². The third-order valence-electron chi connectivity index (χ3n) is 4.49. The lowest BCUT2D eigenvalue weighted by Crippen LogP contribution is -2.69. The Balaban J connectivity index is 2.08. The summed E-state index contributed by atoms with van der Waals surface area (Å²) < 4.78 is 5.43. The van der Waals surface area contributed by atoms with E-state index in [0.717, 1.165) is 12.0 Å². The smallest absolute Gasteiger partial charge is 0.251 e. The number of piperazine rings is 1. The van der Waals surface area contributed by atoms with Crippen LogP contribution in [0.5, 0.6) is 0 Å². The molecule has 1 aromatic carbocycles. The van der Waals surface area contributed by atoms with Gasteiger partial charge in [0.25, 0.3) is 5.91 Å². The lowest BCUT2D eigenvalue weighted by atomic mass is 9.84. The highest BCUT2D eigenvalue weighted by molar-refractivity contribution is 6.00. The van der Waals surface area contributed by atoms with Gasteiger partial charge in [-0.25, -0.2) is 0 Å². The van der Waals surface area contributed by atoms with Gasteiger partial charge in [0.15, 0.2) is 0 Å². The van der Waals surface area contributed by atoms with Gasteiger partial charge in [0, 0.05) is 6.61 Å². The summed E-state index contributed by atoms with van der Waals surface area (Å²) in [6.07, 6.45) is 0.772. The third kappa shape index (κ3) is 2.12. The summed E-state index contributed by atoms with van der Waals surface area (Å²) in [6, 6.07) is 8.93. The van der Waals surface area contributed by atoms with Gasteiger partial charge in [-0.15, -0.1) is 0 Å². The summed E-state index contributed by atoms with van der Waals surface area (Å²) in [5, 5.41) is 2.80. The van der Waals surface area contributed by atoms with E-state index in [4.69, 9.17) is 4.74 Å². The molecule has 2 heterocycles. The van der Waals surface area contributed by atoms with Crippen molar-refractivity contribution in [1.82, 2.24) is 10.2 Å². The molecule has 0 radical (unpaired) electrons. The molecule has 3 atom stereocenters. The van der Waals surface area contributed by atoms with Gasteiger partial charge in [-0.3, -0.25) is 9.59 Å². The van der Waals surface area contributed by atoms with Crippen molar-refractivity contribution in [3.63, 3.8) is 0 Å². The van der Waals surface area contributed by atoms with E-state index in [2.05, 4.69) is 5.32 Å². The molecule has 0 bridgehead atoms. The van der Waals surface area contributed by atoms with E-state index >= 15 is 0 Å². The molecule has 3 unspecified atom stereocenters. The van der Waals surface area contributed by atoms with E-state index in [9.17, 15) is 9.59 Å². The number of carbonyl (C=O) groups excluding carboxylic acids is 2. The Bertz CT molecular complexity index is 554. The maximum Gasteiger partial charge on any atom is 0.251 e. The first-order valence-electron chi connectivity index (χ1n) is 7.32. The molecule has 2 aliphatic heterocycles. The van der Waals surface area contributed by atoms with Crippen LogP contribution in [-0.2, 0) is 19.9 Å². The number of nitrogens with zero attached hydrogens (tertiary/aromatic N) is 1. The predicted octanol–water partition coefficient (Wildman–Crippen LogP) is 1.04. The SMILES string of the molecule is CC1NC(=O)C(C)(c2ccccc2)N(C2CCOC2)C1=O. The van der Waals surface area contributed by atoms with Gasteiger partial charge in [-0.05, 0) is 25.8 Å². The Morgan fingerprint density at radius 1 is 1.29 bits per heavy atom. The van der Waals surface area contributed by atoms with E-state index in [1.165, 1.54) is 0 Å². The molecule has 0 saturated carbocycles. The molecule has 2 amide bonds. The van der Waals surface area contributed by atoms with E-state index in [0.29, 0.717) is 13.2 Å². The van der Waals surface area contributed by atoms with Crippen molar-refractivity contribution in [2.75, 3.05) is 13.2 Å². The fraction of sp³-hybridized carbons (Fsp3) is 0.500. The highest BCUT2D eigenvalue weighted by Gasteiger charge is 2.52. The van der Waals surface area contributed by atoms with Crippen LogP contribution in [0.1, 0.15) is 25.8 Å². The predicted molar refractivity (Wildman–Crippen MR) is 77.5 cm³/mol. The molecule has 112 valence electrons. The molecule has 1 aromatic rings. The zero-order valence-electron chi connectivity index (χ0n) is 12.3. The maximum atomic E-state index is 12.7. The summed E-state index contributed by atoms with van der Waals surface area (Å²) >= 11 is 0. The highest BCUT2D eigenvalue weighted by atomic mass is 16.5. The number of amides is 2. The second-order valence-electron chi connectivity index (χ2n) is 5.86. The van der Waals surface area contributed by atoms with Crippen LogP contribution in [0.2, 0.25) is 0 Å².